The third-order valence-corrected chi connectivity index (χ3v) is 5.96. The van der Waals surface area contributed by atoms with E-state index in [-0.39, 0.29) is 12.5 Å². The molecule has 1 aromatic heterocycles. The van der Waals surface area contributed by atoms with E-state index in [1.165, 1.54) is 24.4 Å². The van der Waals surface area contributed by atoms with Crippen molar-refractivity contribution in [2.24, 2.45) is 0 Å². The van der Waals surface area contributed by atoms with Crippen molar-refractivity contribution in [3.05, 3.63) is 93.9 Å². The second kappa shape index (κ2) is 7.76. The number of amides is 1. The van der Waals surface area contributed by atoms with Crippen LogP contribution < -0.4 is 4.74 Å². The van der Waals surface area contributed by atoms with Gasteiger partial charge in [0.2, 0.25) is 0 Å². The third-order valence-electron chi connectivity index (χ3n) is 5.62. The Kier molecular flexibility index (Phi) is 4.90. The molecule has 6 nitrogen and oxygen atoms in total. The molecule has 0 fully saturated rings. The number of hydrogen-bond donors (Lipinski definition) is 1. The molecule has 1 atom stereocenters. The SMILES string of the molecule is COc1ccc(CN2C(=O)c3ccc4cnc(O)nc4c3C2c2cc(F)ccc2Cl)cc1. The van der Waals surface area contributed by atoms with Crippen LogP contribution in [0.15, 0.2) is 60.8 Å². The van der Waals surface area contributed by atoms with Gasteiger partial charge in [-0.25, -0.2) is 9.37 Å². The van der Waals surface area contributed by atoms with E-state index in [0.29, 0.717) is 38.4 Å². The lowest BCUT2D eigenvalue weighted by molar-refractivity contribution is 0.0736. The summed E-state index contributed by atoms with van der Waals surface area (Å²) in [4.78, 5) is 23.1. The van der Waals surface area contributed by atoms with Crippen LogP contribution in [-0.2, 0) is 6.54 Å². The maximum atomic E-state index is 14.2. The van der Waals surface area contributed by atoms with Crippen molar-refractivity contribution in [1.29, 1.82) is 0 Å². The first-order valence-corrected chi connectivity index (χ1v) is 10.2. The van der Waals surface area contributed by atoms with Crippen LogP contribution in [0, 0.1) is 5.82 Å². The lowest BCUT2D eigenvalue weighted by atomic mass is 9.95. The summed E-state index contributed by atoms with van der Waals surface area (Å²) in [7, 11) is 1.58. The van der Waals surface area contributed by atoms with Crippen molar-refractivity contribution < 1.29 is 19.0 Å². The summed E-state index contributed by atoms with van der Waals surface area (Å²) < 4.78 is 19.5. The first-order chi connectivity index (χ1) is 15.5. The van der Waals surface area contributed by atoms with Crippen LogP contribution in [0.3, 0.4) is 0 Å². The lowest BCUT2D eigenvalue weighted by Gasteiger charge is -2.27. The molecule has 0 saturated heterocycles. The number of aromatic hydroxyl groups is 1. The van der Waals surface area contributed by atoms with Gasteiger partial charge in [0.1, 0.15) is 11.6 Å². The van der Waals surface area contributed by atoms with Gasteiger partial charge in [0.25, 0.3) is 5.91 Å². The van der Waals surface area contributed by atoms with Crippen LogP contribution in [0.2, 0.25) is 5.02 Å². The van der Waals surface area contributed by atoms with Crippen molar-refractivity contribution in [2.45, 2.75) is 12.6 Å². The zero-order valence-corrected chi connectivity index (χ0v) is 17.7. The molecule has 1 N–H and O–H groups in total. The molecule has 0 saturated carbocycles. The number of aromatic nitrogens is 2. The molecule has 1 amide bonds. The van der Waals surface area contributed by atoms with Crippen LogP contribution in [-0.4, -0.2) is 33.0 Å². The summed E-state index contributed by atoms with van der Waals surface area (Å²) in [5, 5.41) is 10.9. The standard InChI is InChI=1S/C24H17ClFN3O3/c1-32-16-6-2-13(3-7-16)12-29-22(18-10-15(26)5-9-19(18)25)20-17(23(29)30)8-4-14-11-27-24(31)28-21(14)20/h2-11,22H,12H2,1H3,(H,27,28,31). The van der Waals surface area contributed by atoms with E-state index in [0.717, 1.165) is 5.56 Å². The van der Waals surface area contributed by atoms with Gasteiger partial charge in [-0.3, -0.25) is 4.79 Å². The minimum absolute atomic E-state index is 0.235. The molecule has 2 heterocycles. The highest BCUT2D eigenvalue weighted by Crippen LogP contribution is 2.45. The molecule has 3 aromatic carbocycles. The van der Waals surface area contributed by atoms with Gasteiger partial charge in [0.15, 0.2) is 0 Å². The quantitative estimate of drug-likeness (QED) is 0.480. The molecule has 1 aliphatic heterocycles. The number of nitrogens with zero attached hydrogens (tertiary/aromatic N) is 3. The zero-order chi connectivity index (χ0) is 22.4. The fourth-order valence-electron chi connectivity index (χ4n) is 4.14. The van der Waals surface area contributed by atoms with E-state index >= 15 is 0 Å². The number of benzene rings is 3. The molecule has 1 aliphatic rings. The van der Waals surface area contributed by atoms with Crippen molar-refractivity contribution in [3.8, 4) is 11.8 Å². The number of methoxy groups -OCH3 is 1. The highest BCUT2D eigenvalue weighted by molar-refractivity contribution is 6.31. The molecule has 32 heavy (non-hydrogen) atoms. The highest BCUT2D eigenvalue weighted by Gasteiger charge is 2.40. The fourth-order valence-corrected chi connectivity index (χ4v) is 4.36. The van der Waals surface area contributed by atoms with Gasteiger partial charge < -0.3 is 14.7 Å². The van der Waals surface area contributed by atoms with Crippen LogP contribution in [0.5, 0.6) is 11.8 Å². The van der Waals surface area contributed by atoms with Crippen LogP contribution >= 0.6 is 11.6 Å². The second-order valence-electron chi connectivity index (χ2n) is 7.48. The molecule has 0 aliphatic carbocycles. The fraction of sp³-hybridized carbons (Fsp3) is 0.125. The summed E-state index contributed by atoms with van der Waals surface area (Å²) >= 11 is 6.48. The van der Waals surface area contributed by atoms with Gasteiger partial charge in [-0.05, 0) is 42.0 Å². The molecule has 4 aromatic rings. The Morgan fingerprint density at radius 3 is 2.69 bits per heavy atom. The first kappa shape index (κ1) is 20.2. The minimum atomic E-state index is -0.694. The summed E-state index contributed by atoms with van der Waals surface area (Å²) in [5.41, 5.74) is 2.72. The predicted octanol–water partition coefficient (Wildman–Crippen LogP) is 4.88. The summed E-state index contributed by atoms with van der Waals surface area (Å²) in [5.74, 6) is 0.00114. The number of ether oxygens (including phenoxy) is 1. The topological polar surface area (TPSA) is 75.5 Å². The van der Waals surface area contributed by atoms with E-state index in [1.54, 1.807) is 24.1 Å². The predicted molar refractivity (Wildman–Crippen MR) is 117 cm³/mol. The van der Waals surface area contributed by atoms with E-state index in [4.69, 9.17) is 16.3 Å². The normalized spacial score (nSPS) is 15.3. The van der Waals surface area contributed by atoms with Crippen molar-refractivity contribution in [2.75, 3.05) is 7.11 Å². The van der Waals surface area contributed by atoms with Gasteiger partial charge in [-0.1, -0.05) is 29.8 Å². The van der Waals surface area contributed by atoms with E-state index < -0.39 is 17.9 Å². The van der Waals surface area contributed by atoms with Crippen molar-refractivity contribution >= 4 is 28.4 Å². The van der Waals surface area contributed by atoms with E-state index in [9.17, 15) is 14.3 Å². The molecule has 1 unspecified atom stereocenters. The minimum Gasteiger partial charge on any atom is -0.497 e. The largest absolute Gasteiger partial charge is 0.497 e. The molecule has 160 valence electrons. The summed E-state index contributed by atoms with van der Waals surface area (Å²) in [6, 6.07) is 13.8. The van der Waals surface area contributed by atoms with Gasteiger partial charge in [-0.2, -0.15) is 4.98 Å². The first-order valence-electron chi connectivity index (χ1n) is 9.83. The lowest BCUT2D eigenvalue weighted by Crippen LogP contribution is -2.28. The Labute approximate surface area is 187 Å². The monoisotopic (exact) mass is 449 g/mol. The second-order valence-corrected chi connectivity index (χ2v) is 7.89. The Morgan fingerprint density at radius 1 is 1.16 bits per heavy atom. The average Bonchev–Trinajstić information content (AvgIpc) is 3.07. The molecule has 0 spiro atoms. The number of fused-ring (bicyclic) bond motifs is 3. The molecule has 8 heteroatoms. The van der Waals surface area contributed by atoms with Crippen LogP contribution in [0.25, 0.3) is 10.9 Å². The number of carbonyl (C=O) groups excluding carboxylic acids is 1. The maximum Gasteiger partial charge on any atom is 0.314 e. The number of carbonyl (C=O) groups is 1. The van der Waals surface area contributed by atoms with Crippen LogP contribution in [0.4, 0.5) is 4.39 Å². The molecule has 5 rings (SSSR count). The van der Waals surface area contributed by atoms with Gasteiger partial charge in [0, 0.05) is 39.8 Å². The zero-order valence-electron chi connectivity index (χ0n) is 16.9. The van der Waals surface area contributed by atoms with E-state index in [2.05, 4.69) is 9.97 Å². The molecular weight excluding hydrogens is 433 g/mol. The van der Waals surface area contributed by atoms with Gasteiger partial charge in [-0.15, -0.1) is 0 Å². The number of hydrogen-bond acceptors (Lipinski definition) is 5. The highest BCUT2D eigenvalue weighted by atomic mass is 35.5. The smallest absolute Gasteiger partial charge is 0.314 e. The number of halogens is 2. The van der Waals surface area contributed by atoms with Gasteiger partial charge in [0.05, 0.1) is 18.7 Å². The Balaban J connectivity index is 1.71. The molecule has 0 bridgehead atoms. The molecule has 0 radical (unpaired) electrons. The Bertz CT molecular complexity index is 1360. The summed E-state index contributed by atoms with van der Waals surface area (Å²) in [6.45, 7) is 0.258. The van der Waals surface area contributed by atoms with Crippen molar-refractivity contribution in [1.82, 2.24) is 14.9 Å². The van der Waals surface area contributed by atoms with Crippen LogP contribution in [0.1, 0.15) is 33.1 Å². The Hall–Kier alpha value is -3.71. The molecular formula is C24H17ClFN3O3. The average molecular weight is 450 g/mol. The summed E-state index contributed by atoms with van der Waals surface area (Å²) in [6.07, 6.45) is 1.48. The number of rotatable bonds is 4. The van der Waals surface area contributed by atoms with Crippen molar-refractivity contribution in [3.63, 3.8) is 0 Å². The third kappa shape index (κ3) is 3.31. The van der Waals surface area contributed by atoms with E-state index in [1.807, 2.05) is 24.3 Å². The maximum absolute atomic E-state index is 14.2. The Morgan fingerprint density at radius 2 is 1.94 bits per heavy atom. The van der Waals surface area contributed by atoms with Gasteiger partial charge >= 0.3 is 6.01 Å².